The lowest BCUT2D eigenvalue weighted by Crippen LogP contribution is -2.64. The SMILES string of the molecule is CCC1C=C(C)C(O)C(C)CC(OC)C2OC(O)(C(=O)C(=O)N3CCCCC3C(=O)OC(C(C)=CC3CCC(OC(C)=O)C(OC)C3)C(C)C(O)CC1=O)C(C)CC2OC. The van der Waals surface area contributed by atoms with Gasteiger partial charge >= 0.3 is 11.9 Å². The Hall–Kier alpha value is -3.05. The summed E-state index contributed by atoms with van der Waals surface area (Å²) in [6.07, 6.45) is 0.629. The summed E-state index contributed by atoms with van der Waals surface area (Å²) in [5, 5.41) is 35.3. The van der Waals surface area contributed by atoms with Crippen LogP contribution in [0.15, 0.2) is 23.3 Å². The highest BCUT2D eigenvalue weighted by Gasteiger charge is 2.57. The van der Waals surface area contributed by atoms with Crippen molar-refractivity contribution in [1.29, 1.82) is 0 Å². The number of fused-ring (bicyclic) bond motifs is 3. The van der Waals surface area contributed by atoms with Crippen LogP contribution in [0.5, 0.6) is 0 Å². The second kappa shape index (κ2) is 21.8. The Labute approximate surface area is 355 Å². The maximum atomic E-state index is 14.4. The zero-order chi connectivity index (χ0) is 44.6. The van der Waals surface area contributed by atoms with Crippen molar-refractivity contribution < 1.29 is 67.7 Å². The van der Waals surface area contributed by atoms with Crippen LogP contribution in [0.25, 0.3) is 0 Å². The number of rotatable bonds is 7. The van der Waals surface area contributed by atoms with Gasteiger partial charge in [-0.05, 0) is 94.6 Å². The van der Waals surface area contributed by atoms with Crippen molar-refractivity contribution in [2.24, 2.45) is 29.6 Å². The van der Waals surface area contributed by atoms with E-state index in [4.69, 9.17) is 28.4 Å². The fourth-order valence-electron chi connectivity index (χ4n) is 9.64. The molecule has 0 radical (unpaired) electrons. The van der Waals surface area contributed by atoms with Crippen LogP contribution in [0.1, 0.15) is 113 Å². The molecule has 3 aliphatic heterocycles. The largest absolute Gasteiger partial charge is 0.460 e. The van der Waals surface area contributed by atoms with Crippen LogP contribution >= 0.6 is 0 Å². The molecule has 60 heavy (non-hydrogen) atoms. The number of aliphatic hydroxyl groups excluding tert-OH is 2. The quantitative estimate of drug-likeness (QED) is 0.188. The van der Waals surface area contributed by atoms with E-state index in [9.17, 15) is 39.3 Å². The van der Waals surface area contributed by atoms with Crippen LogP contribution in [-0.4, -0.2) is 138 Å². The molecule has 15 heteroatoms. The summed E-state index contributed by atoms with van der Waals surface area (Å²) < 4.78 is 35.3. The smallest absolute Gasteiger partial charge is 0.329 e. The van der Waals surface area contributed by atoms with E-state index in [1.54, 1.807) is 40.9 Å². The van der Waals surface area contributed by atoms with Gasteiger partial charge in [-0.25, -0.2) is 4.79 Å². The highest BCUT2D eigenvalue weighted by atomic mass is 16.7. The Morgan fingerprint density at radius 1 is 0.917 bits per heavy atom. The standard InChI is InChI=1S/C45H71NO14/c1-11-31-19-24(2)39(50)25(3)20-37(56-9)41-38(57-10)21-27(5)45(54,60-41)42(51)43(52)46-17-13-12-14-32(46)44(53)59-40(28(6)33(48)23-34(31)49)26(4)18-30-15-16-35(58-29(7)47)36(22-30)55-8/h18-19,25,27-28,30-33,35-41,48,50,54H,11-17,20-23H2,1-10H3. The highest BCUT2D eigenvalue weighted by Crippen LogP contribution is 2.39. The molecule has 1 saturated carbocycles. The first-order valence-electron chi connectivity index (χ1n) is 21.8. The molecule has 0 aromatic carbocycles. The van der Waals surface area contributed by atoms with Crippen LogP contribution in [0.4, 0.5) is 0 Å². The van der Waals surface area contributed by atoms with E-state index in [2.05, 4.69) is 0 Å². The molecule has 2 saturated heterocycles. The van der Waals surface area contributed by atoms with E-state index in [1.165, 1.54) is 21.1 Å². The molecule has 340 valence electrons. The molecule has 1 aliphatic carbocycles. The van der Waals surface area contributed by atoms with Gasteiger partial charge in [0.05, 0.1) is 30.5 Å². The first kappa shape index (κ1) is 49.6. The summed E-state index contributed by atoms with van der Waals surface area (Å²) in [5.41, 5.74) is 1.16. The molecular weight excluding hydrogens is 778 g/mol. The van der Waals surface area contributed by atoms with Crippen molar-refractivity contribution in [2.75, 3.05) is 27.9 Å². The normalized spacial score (nSPS) is 39.9. The van der Waals surface area contributed by atoms with Crippen molar-refractivity contribution in [1.82, 2.24) is 4.90 Å². The topological polar surface area (TPSA) is 205 Å². The number of ketones is 2. The maximum absolute atomic E-state index is 14.4. The van der Waals surface area contributed by atoms with E-state index in [1.807, 2.05) is 19.9 Å². The number of carbonyl (C=O) groups excluding carboxylic acids is 5. The molecule has 3 N–H and O–H groups in total. The third kappa shape index (κ3) is 11.5. The van der Waals surface area contributed by atoms with Gasteiger partial charge in [0, 0.05) is 59.0 Å². The minimum absolute atomic E-state index is 0.0515. The first-order valence-corrected chi connectivity index (χ1v) is 21.8. The second-order valence-electron chi connectivity index (χ2n) is 17.7. The second-order valence-corrected chi connectivity index (χ2v) is 17.7. The Morgan fingerprint density at radius 3 is 2.18 bits per heavy atom. The summed E-state index contributed by atoms with van der Waals surface area (Å²) in [6, 6.07) is -1.18. The fraction of sp³-hybridized carbons (Fsp3) is 0.800. The fourth-order valence-corrected chi connectivity index (χ4v) is 9.64. The molecule has 2 bridgehead atoms. The van der Waals surface area contributed by atoms with Crippen molar-refractivity contribution in [3.8, 4) is 0 Å². The summed E-state index contributed by atoms with van der Waals surface area (Å²) >= 11 is 0. The van der Waals surface area contributed by atoms with Gasteiger partial charge in [0.25, 0.3) is 11.7 Å². The Balaban J connectivity index is 1.77. The van der Waals surface area contributed by atoms with Gasteiger partial charge in [0.2, 0.25) is 5.79 Å². The highest BCUT2D eigenvalue weighted by molar-refractivity contribution is 6.39. The predicted molar refractivity (Wildman–Crippen MR) is 219 cm³/mol. The monoisotopic (exact) mass is 849 g/mol. The molecule has 0 aromatic rings. The van der Waals surface area contributed by atoms with Crippen LogP contribution in [0.3, 0.4) is 0 Å². The van der Waals surface area contributed by atoms with Gasteiger partial charge in [-0.15, -0.1) is 0 Å². The van der Waals surface area contributed by atoms with Crippen molar-refractivity contribution >= 4 is 29.4 Å². The number of esters is 2. The number of allylic oxidation sites excluding steroid dienone is 2. The molecule has 15 atom stereocenters. The van der Waals surface area contributed by atoms with Crippen LogP contribution in [0, 0.1) is 29.6 Å². The number of cyclic esters (lactones) is 1. The van der Waals surface area contributed by atoms with Crippen molar-refractivity contribution in [3.05, 3.63) is 23.3 Å². The molecular formula is C45H71NO14. The van der Waals surface area contributed by atoms with Crippen LogP contribution in [0.2, 0.25) is 0 Å². The van der Waals surface area contributed by atoms with Gasteiger partial charge in [-0.3, -0.25) is 19.2 Å². The number of carbonyl (C=O) groups is 5. The number of piperidine rings is 1. The van der Waals surface area contributed by atoms with E-state index < -0.39 is 102 Å². The minimum Gasteiger partial charge on any atom is -0.460 e. The van der Waals surface area contributed by atoms with Gasteiger partial charge in [-0.2, -0.15) is 0 Å². The number of Topliss-reactive ketones (excluding diaryl/α,β-unsaturated/α-hetero) is 2. The number of amides is 1. The third-order valence-electron chi connectivity index (χ3n) is 13.5. The number of hydrogen-bond acceptors (Lipinski definition) is 14. The molecule has 0 aromatic heterocycles. The molecule has 0 spiro atoms. The summed E-state index contributed by atoms with van der Waals surface area (Å²) in [4.78, 5) is 69.7. The van der Waals surface area contributed by atoms with Gasteiger partial charge in [-0.1, -0.05) is 39.8 Å². The zero-order valence-electron chi connectivity index (χ0n) is 37.3. The lowest BCUT2D eigenvalue weighted by Gasteiger charge is -2.47. The molecule has 3 heterocycles. The Kier molecular flexibility index (Phi) is 18.1. The lowest BCUT2D eigenvalue weighted by atomic mass is 9.81. The van der Waals surface area contributed by atoms with E-state index in [0.29, 0.717) is 49.7 Å². The molecule has 15 nitrogen and oxygen atoms in total. The third-order valence-corrected chi connectivity index (χ3v) is 13.5. The summed E-state index contributed by atoms with van der Waals surface area (Å²) in [7, 11) is 4.49. The summed E-state index contributed by atoms with van der Waals surface area (Å²) in [6.45, 7) is 11.9. The average molecular weight is 850 g/mol. The number of hydrogen-bond donors (Lipinski definition) is 3. The molecule has 4 aliphatic rings. The Bertz CT molecular complexity index is 1580. The number of ether oxygens (including phenoxy) is 6. The minimum atomic E-state index is -2.58. The lowest BCUT2D eigenvalue weighted by molar-refractivity contribution is -0.302. The maximum Gasteiger partial charge on any atom is 0.329 e. The van der Waals surface area contributed by atoms with E-state index >= 15 is 0 Å². The van der Waals surface area contributed by atoms with E-state index in [0.717, 1.165) is 4.90 Å². The predicted octanol–water partition coefficient (Wildman–Crippen LogP) is 4.01. The van der Waals surface area contributed by atoms with Crippen LogP contribution in [-0.2, 0) is 52.4 Å². The van der Waals surface area contributed by atoms with Crippen molar-refractivity contribution in [2.45, 2.75) is 173 Å². The van der Waals surface area contributed by atoms with Gasteiger partial charge in [0.1, 0.15) is 30.1 Å². The van der Waals surface area contributed by atoms with Crippen LogP contribution < -0.4 is 0 Å². The first-order chi connectivity index (χ1) is 28.3. The van der Waals surface area contributed by atoms with Gasteiger partial charge < -0.3 is 48.6 Å². The number of nitrogens with zero attached hydrogens (tertiary/aromatic N) is 1. The molecule has 15 unspecified atom stereocenters. The number of aliphatic hydroxyl groups is 3. The molecule has 4 rings (SSSR count). The Morgan fingerprint density at radius 2 is 1.57 bits per heavy atom. The molecule has 1 amide bonds. The summed E-state index contributed by atoms with van der Waals surface area (Å²) in [5.74, 6) is -9.14. The average Bonchev–Trinajstić information content (AvgIpc) is 3.22. The molecule has 3 fully saturated rings. The van der Waals surface area contributed by atoms with Crippen molar-refractivity contribution in [3.63, 3.8) is 0 Å². The number of methoxy groups -OCH3 is 3. The zero-order valence-corrected chi connectivity index (χ0v) is 37.3. The van der Waals surface area contributed by atoms with Gasteiger partial charge in [0.15, 0.2) is 0 Å². The van der Waals surface area contributed by atoms with E-state index in [-0.39, 0.29) is 50.0 Å².